The molecule has 0 aliphatic carbocycles. The second-order valence-electron chi connectivity index (χ2n) is 4.62. The van der Waals surface area contributed by atoms with Gasteiger partial charge in [0, 0.05) is 6.61 Å². The van der Waals surface area contributed by atoms with Crippen molar-refractivity contribution in [2.75, 3.05) is 13.2 Å². The monoisotopic (exact) mass is 234 g/mol. The van der Waals surface area contributed by atoms with Crippen LogP contribution in [0.1, 0.15) is 38.2 Å². The van der Waals surface area contributed by atoms with Crippen molar-refractivity contribution in [3.05, 3.63) is 29.8 Å². The van der Waals surface area contributed by atoms with Crippen molar-refractivity contribution in [1.82, 2.24) is 0 Å². The Morgan fingerprint density at radius 2 is 2.12 bits per heavy atom. The average Bonchev–Trinajstić information content (AvgIpc) is 2.88. The van der Waals surface area contributed by atoms with Crippen molar-refractivity contribution in [3.63, 3.8) is 0 Å². The van der Waals surface area contributed by atoms with Crippen LogP contribution < -0.4 is 4.74 Å². The molecule has 1 aliphatic heterocycles. The van der Waals surface area contributed by atoms with Crippen LogP contribution in [0.2, 0.25) is 0 Å². The summed E-state index contributed by atoms with van der Waals surface area (Å²) in [6, 6.07) is 8.39. The van der Waals surface area contributed by atoms with Crippen LogP contribution in [0.5, 0.6) is 5.75 Å². The fourth-order valence-corrected chi connectivity index (χ4v) is 2.19. The molecule has 0 radical (unpaired) electrons. The lowest BCUT2D eigenvalue weighted by Crippen LogP contribution is -2.07. The van der Waals surface area contributed by atoms with Gasteiger partial charge in [0.05, 0.1) is 12.7 Å². The van der Waals surface area contributed by atoms with E-state index in [2.05, 4.69) is 31.2 Å². The predicted molar refractivity (Wildman–Crippen MR) is 69.5 cm³/mol. The first-order chi connectivity index (χ1) is 8.38. The summed E-state index contributed by atoms with van der Waals surface area (Å²) in [6.45, 7) is 3.91. The van der Waals surface area contributed by atoms with E-state index in [-0.39, 0.29) is 0 Å². The third-order valence-electron chi connectivity index (χ3n) is 3.29. The first kappa shape index (κ1) is 12.4. The van der Waals surface area contributed by atoms with Crippen molar-refractivity contribution in [1.29, 1.82) is 0 Å². The van der Waals surface area contributed by atoms with Gasteiger partial charge in [0.25, 0.3) is 0 Å². The summed E-state index contributed by atoms with van der Waals surface area (Å²) in [7, 11) is 0. The van der Waals surface area contributed by atoms with Crippen LogP contribution in [-0.2, 0) is 11.2 Å². The maximum atomic E-state index is 5.71. The third kappa shape index (κ3) is 4.04. The Labute approximate surface area is 104 Å². The van der Waals surface area contributed by atoms with Crippen LogP contribution in [0, 0.1) is 0 Å². The maximum Gasteiger partial charge on any atom is 0.119 e. The van der Waals surface area contributed by atoms with Gasteiger partial charge in [-0.1, -0.05) is 19.1 Å². The summed E-state index contributed by atoms with van der Waals surface area (Å²) in [5.41, 5.74) is 1.36. The molecule has 1 aromatic carbocycles. The van der Waals surface area contributed by atoms with Gasteiger partial charge in [-0.05, 0) is 49.8 Å². The van der Waals surface area contributed by atoms with Gasteiger partial charge in [-0.25, -0.2) is 0 Å². The van der Waals surface area contributed by atoms with E-state index in [0.717, 1.165) is 38.2 Å². The molecule has 17 heavy (non-hydrogen) atoms. The molecule has 1 saturated heterocycles. The van der Waals surface area contributed by atoms with E-state index in [0.29, 0.717) is 6.10 Å². The Morgan fingerprint density at radius 1 is 1.29 bits per heavy atom. The van der Waals surface area contributed by atoms with Gasteiger partial charge < -0.3 is 9.47 Å². The van der Waals surface area contributed by atoms with Gasteiger partial charge >= 0.3 is 0 Å². The van der Waals surface area contributed by atoms with Crippen LogP contribution in [0.25, 0.3) is 0 Å². The zero-order valence-electron chi connectivity index (χ0n) is 10.7. The molecule has 1 aromatic rings. The molecule has 1 aliphatic rings. The number of benzene rings is 1. The summed E-state index contributed by atoms with van der Waals surface area (Å²) in [6.07, 6.45) is 6.24. The van der Waals surface area contributed by atoms with E-state index in [9.17, 15) is 0 Å². The number of ether oxygens (including phenoxy) is 2. The summed E-state index contributed by atoms with van der Waals surface area (Å²) >= 11 is 0. The smallest absolute Gasteiger partial charge is 0.119 e. The molecular weight excluding hydrogens is 212 g/mol. The molecule has 1 heterocycles. The van der Waals surface area contributed by atoms with E-state index in [1.807, 2.05) is 0 Å². The normalized spacial score (nSPS) is 19.5. The van der Waals surface area contributed by atoms with E-state index >= 15 is 0 Å². The van der Waals surface area contributed by atoms with E-state index in [4.69, 9.17) is 9.47 Å². The van der Waals surface area contributed by atoms with Gasteiger partial charge in [-0.2, -0.15) is 0 Å². The largest absolute Gasteiger partial charge is 0.494 e. The molecule has 2 nitrogen and oxygen atoms in total. The Kier molecular flexibility index (Phi) is 4.87. The summed E-state index contributed by atoms with van der Waals surface area (Å²) in [4.78, 5) is 0. The topological polar surface area (TPSA) is 18.5 Å². The molecule has 1 unspecified atom stereocenters. The number of hydrogen-bond donors (Lipinski definition) is 0. The van der Waals surface area contributed by atoms with Gasteiger partial charge in [-0.15, -0.1) is 0 Å². The highest BCUT2D eigenvalue weighted by Crippen LogP contribution is 2.17. The second kappa shape index (κ2) is 6.65. The van der Waals surface area contributed by atoms with Crippen LogP contribution in [0.15, 0.2) is 24.3 Å². The predicted octanol–water partition coefficient (Wildman–Crippen LogP) is 3.59. The van der Waals surface area contributed by atoms with Crippen LogP contribution in [0.4, 0.5) is 0 Å². The Morgan fingerprint density at radius 3 is 2.76 bits per heavy atom. The number of aryl methyl sites for hydroxylation is 1. The molecule has 0 aromatic heterocycles. The van der Waals surface area contributed by atoms with E-state index < -0.39 is 0 Å². The van der Waals surface area contributed by atoms with Crippen LogP contribution in [-0.4, -0.2) is 19.3 Å². The summed E-state index contributed by atoms with van der Waals surface area (Å²) in [5.74, 6) is 0.981. The molecule has 0 bridgehead atoms. The highest BCUT2D eigenvalue weighted by Gasteiger charge is 2.14. The zero-order chi connectivity index (χ0) is 11.9. The maximum absolute atomic E-state index is 5.71. The van der Waals surface area contributed by atoms with Crippen LogP contribution >= 0.6 is 0 Å². The Hall–Kier alpha value is -1.02. The Bertz CT molecular complexity index is 312. The molecule has 0 spiro atoms. The minimum atomic E-state index is 0.487. The molecule has 94 valence electrons. The molecule has 1 atom stereocenters. The average molecular weight is 234 g/mol. The van der Waals surface area contributed by atoms with Gasteiger partial charge in [-0.3, -0.25) is 0 Å². The fraction of sp³-hybridized carbons (Fsp3) is 0.600. The number of rotatable bonds is 6. The van der Waals surface area contributed by atoms with Crippen molar-refractivity contribution >= 4 is 0 Å². The van der Waals surface area contributed by atoms with Gasteiger partial charge in [0.1, 0.15) is 5.75 Å². The Balaban J connectivity index is 1.63. The lowest BCUT2D eigenvalue weighted by Gasteiger charge is -2.10. The first-order valence-electron chi connectivity index (χ1n) is 6.72. The quantitative estimate of drug-likeness (QED) is 0.700. The van der Waals surface area contributed by atoms with Crippen LogP contribution in [0.3, 0.4) is 0 Å². The lowest BCUT2D eigenvalue weighted by molar-refractivity contribution is 0.0981. The number of hydrogen-bond acceptors (Lipinski definition) is 2. The standard InChI is InChI=1S/C15H22O2/c1-2-13-7-9-15(10-8-13)17-12-4-6-14-5-3-11-16-14/h7-10,14H,2-6,11-12H2,1H3. The van der Waals surface area contributed by atoms with Crippen molar-refractivity contribution in [2.24, 2.45) is 0 Å². The molecule has 0 N–H and O–H groups in total. The highest BCUT2D eigenvalue weighted by molar-refractivity contribution is 5.27. The summed E-state index contributed by atoms with van der Waals surface area (Å²) < 4.78 is 11.3. The van der Waals surface area contributed by atoms with Crippen molar-refractivity contribution in [3.8, 4) is 5.75 Å². The lowest BCUT2D eigenvalue weighted by atomic mass is 10.1. The fourth-order valence-electron chi connectivity index (χ4n) is 2.19. The minimum Gasteiger partial charge on any atom is -0.494 e. The molecule has 0 amide bonds. The molecular formula is C15H22O2. The molecule has 2 rings (SSSR count). The van der Waals surface area contributed by atoms with Gasteiger partial charge in [0.2, 0.25) is 0 Å². The first-order valence-corrected chi connectivity index (χ1v) is 6.72. The van der Waals surface area contributed by atoms with Gasteiger partial charge in [0.15, 0.2) is 0 Å². The van der Waals surface area contributed by atoms with E-state index in [1.54, 1.807) is 0 Å². The summed E-state index contributed by atoms with van der Waals surface area (Å²) in [5, 5.41) is 0. The van der Waals surface area contributed by atoms with Crippen molar-refractivity contribution in [2.45, 2.75) is 45.1 Å². The minimum absolute atomic E-state index is 0.487. The molecule has 0 saturated carbocycles. The highest BCUT2D eigenvalue weighted by atomic mass is 16.5. The SMILES string of the molecule is CCc1ccc(OCCCC2CCCO2)cc1. The van der Waals surface area contributed by atoms with E-state index in [1.165, 1.54) is 18.4 Å². The third-order valence-corrected chi connectivity index (χ3v) is 3.29. The van der Waals surface area contributed by atoms with Crippen molar-refractivity contribution < 1.29 is 9.47 Å². The zero-order valence-corrected chi connectivity index (χ0v) is 10.7. The molecule has 2 heteroatoms. The second-order valence-corrected chi connectivity index (χ2v) is 4.62. The molecule has 1 fully saturated rings.